The summed E-state index contributed by atoms with van der Waals surface area (Å²) in [5.74, 6) is 0.0633. The Bertz CT molecular complexity index is 1090. The van der Waals surface area contributed by atoms with Crippen LogP contribution in [0.1, 0.15) is 44.1 Å². The quantitative estimate of drug-likeness (QED) is 0.411. The van der Waals surface area contributed by atoms with Crippen molar-refractivity contribution in [3.8, 4) is 0 Å². The second kappa shape index (κ2) is 11.0. The van der Waals surface area contributed by atoms with Crippen molar-refractivity contribution >= 4 is 17.5 Å². The van der Waals surface area contributed by atoms with Crippen molar-refractivity contribution in [1.29, 1.82) is 0 Å². The number of hydrogen-bond donors (Lipinski definition) is 1. The van der Waals surface area contributed by atoms with Gasteiger partial charge in [0.25, 0.3) is 5.69 Å². The number of nitrogens with one attached hydrogen (secondary N) is 1. The highest BCUT2D eigenvalue weighted by Crippen LogP contribution is 2.49. The van der Waals surface area contributed by atoms with Crippen LogP contribution in [0.3, 0.4) is 0 Å². The molecule has 37 heavy (non-hydrogen) atoms. The molecule has 1 amide bonds. The van der Waals surface area contributed by atoms with Crippen LogP contribution in [0.25, 0.3) is 0 Å². The van der Waals surface area contributed by atoms with Crippen LogP contribution in [0.5, 0.6) is 0 Å². The van der Waals surface area contributed by atoms with Crippen molar-refractivity contribution in [2.45, 2.75) is 51.2 Å². The van der Waals surface area contributed by atoms with Crippen LogP contribution in [-0.4, -0.2) is 54.7 Å². The maximum Gasteiger partial charge on any atom is 0.407 e. The van der Waals surface area contributed by atoms with Gasteiger partial charge in [-0.25, -0.2) is 9.18 Å². The van der Waals surface area contributed by atoms with Gasteiger partial charge in [-0.05, 0) is 74.6 Å². The van der Waals surface area contributed by atoms with Crippen LogP contribution < -0.4 is 10.2 Å². The molecule has 2 aromatic carbocycles. The molecule has 0 radical (unpaired) electrons. The summed E-state index contributed by atoms with van der Waals surface area (Å²) in [5, 5.41) is 13.9. The first-order chi connectivity index (χ1) is 17.9. The molecule has 0 atom stereocenters. The fourth-order valence-electron chi connectivity index (χ4n) is 6.22. The van der Waals surface area contributed by atoms with Crippen LogP contribution in [0.4, 0.5) is 20.6 Å². The zero-order chi connectivity index (χ0) is 25.8. The summed E-state index contributed by atoms with van der Waals surface area (Å²) in [5.41, 5.74) is 1.58. The number of nitro groups is 1. The topological polar surface area (TPSA) is 88.0 Å². The van der Waals surface area contributed by atoms with E-state index in [1.54, 1.807) is 0 Å². The van der Waals surface area contributed by atoms with Gasteiger partial charge in [-0.2, -0.15) is 0 Å². The molecule has 9 heteroatoms. The van der Waals surface area contributed by atoms with Crippen molar-refractivity contribution in [3.05, 3.63) is 70.0 Å². The van der Waals surface area contributed by atoms with Crippen LogP contribution >= 0.6 is 0 Å². The maximum atomic E-state index is 14.4. The summed E-state index contributed by atoms with van der Waals surface area (Å²) in [4.78, 5) is 27.0. The Labute approximate surface area is 216 Å². The van der Waals surface area contributed by atoms with E-state index in [9.17, 15) is 19.3 Å². The Kier molecular flexibility index (Phi) is 7.60. The van der Waals surface area contributed by atoms with Crippen LogP contribution in [0, 0.1) is 27.3 Å². The van der Waals surface area contributed by atoms with E-state index in [2.05, 4.69) is 10.2 Å². The minimum atomic E-state index is -0.566. The Hall–Kier alpha value is -3.20. The number of nitro benzene ring substituents is 1. The summed E-state index contributed by atoms with van der Waals surface area (Å²) in [6, 6.07) is 13.8. The van der Waals surface area contributed by atoms with Gasteiger partial charge in [-0.1, -0.05) is 30.3 Å². The van der Waals surface area contributed by atoms with Crippen molar-refractivity contribution in [3.63, 3.8) is 0 Å². The fourth-order valence-corrected chi connectivity index (χ4v) is 6.22. The second-order valence-corrected chi connectivity index (χ2v) is 10.9. The highest BCUT2D eigenvalue weighted by molar-refractivity contribution is 5.67. The molecule has 0 aromatic heterocycles. The molecule has 1 N–H and O–H groups in total. The molecular formula is C28H35FN4O4. The normalized spacial score (nSPS) is 20.4. The number of ether oxygens (including phenoxy) is 1. The Balaban J connectivity index is 0.992. The number of rotatable bonds is 7. The largest absolute Gasteiger partial charge is 0.445 e. The van der Waals surface area contributed by atoms with Crippen molar-refractivity contribution in [1.82, 2.24) is 10.2 Å². The van der Waals surface area contributed by atoms with E-state index in [0.717, 1.165) is 82.9 Å². The minimum Gasteiger partial charge on any atom is -0.445 e. The van der Waals surface area contributed by atoms with Gasteiger partial charge < -0.3 is 19.9 Å². The third-order valence-corrected chi connectivity index (χ3v) is 8.42. The molecule has 2 saturated heterocycles. The molecule has 0 bridgehead atoms. The van der Waals surface area contributed by atoms with E-state index in [4.69, 9.17) is 4.74 Å². The number of halogens is 1. The third-order valence-electron chi connectivity index (χ3n) is 8.42. The zero-order valence-electron chi connectivity index (χ0n) is 21.1. The van der Waals surface area contributed by atoms with E-state index in [1.807, 2.05) is 35.2 Å². The van der Waals surface area contributed by atoms with Gasteiger partial charge in [0.1, 0.15) is 6.61 Å². The van der Waals surface area contributed by atoms with Gasteiger partial charge in [-0.3, -0.25) is 10.1 Å². The van der Waals surface area contributed by atoms with Gasteiger partial charge in [0.2, 0.25) is 0 Å². The number of benzene rings is 2. The van der Waals surface area contributed by atoms with E-state index in [0.29, 0.717) is 23.6 Å². The highest BCUT2D eigenvalue weighted by atomic mass is 19.1. The molecule has 1 spiro atoms. The fraction of sp³-hybridized carbons (Fsp3) is 0.536. The molecule has 1 saturated carbocycles. The number of hydrogen-bond acceptors (Lipinski definition) is 6. The van der Waals surface area contributed by atoms with Gasteiger partial charge in [0, 0.05) is 31.7 Å². The monoisotopic (exact) mass is 510 g/mol. The smallest absolute Gasteiger partial charge is 0.407 e. The predicted molar refractivity (Wildman–Crippen MR) is 139 cm³/mol. The lowest BCUT2D eigenvalue weighted by molar-refractivity contribution is -0.385. The maximum absolute atomic E-state index is 14.4. The first-order valence-corrected chi connectivity index (χ1v) is 13.3. The molecule has 3 aliphatic rings. The van der Waals surface area contributed by atoms with E-state index in [-0.39, 0.29) is 17.8 Å². The molecule has 198 valence electrons. The number of non-ortho nitro benzene ring substituents is 1. The number of piperidine rings is 2. The van der Waals surface area contributed by atoms with Gasteiger partial charge in [0.05, 0.1) is 16.7 Å². The first kappa shape index (κ1) is 25.4. The van der Waals surface area contributed by atoms with Crippen LogP contribution in [0.2, 0.25) is 0 Å². The predicted octanol–water partition coefficient (Wildman–Crippen LogP) is 5.12. The number of carbonyl (C=O) groups is 1. The standard InChI is InChI=1S/C28H35FN4O4/c29-25-16-24(33(35)36)6-7-26(25)32-12-8-21(9-13-32)19-31-14-10-28(11-15-31)17-23(18-28)30-27(34)37-20-22-4-2-1-3-5-22/h1-7,16,21,23H,8-15,17-20H2,(H,30,34). The third kappa shape index (κ3) is 6.21. The Morgan fingerprint density at radius 1 is 1.08 bits per heavy atom. The van der Waals surface area contributed by atoms with Crippen molar-refractivity contribution in [2.75, 3.05) is 37.6 Å². The number of carbonyl (C=O) groups excluding carboxylic acids is 1. The first-order valence-electron chi connectivity index (χ1n) is 13.3. The van der Waals surface area contributed by atoms with Crippen LogP contribution in [0.15, 0.2) is 48.5 Å². The lowest BCUT2D eigenvalue weighted by Crippen LogP contribution is -2.55. The molecule has 2 heterocycles. The number of alkyl carbamates (subject to hydrolysis) is 1. The second-order valence-electron chi connectivity index (χ2n) is 10.9. The number of likely N-dealkylation sites (tertiary alicyclic amines) is 1. The summed E-state index contributed by atoms with van der Waals surface area (Å²) in [6.07, 6.45) is 6.04. The van der Waals surface area contributed by atoms with Gasteiger partial charge in [-0.15, -0.1) is 0 Å². The highest BCUT2D eigenvalue weighted by Gasteiger charge is 2.46. The molecule has 2 aromatic rings. The Morgan fingerprint density at radius 3 is 2.43 bits per heavy atom. The van der Waals surface area contributed by atoms with E-state index in [1.165, 1.54) is 12.1 Å². The Morgan fingerprint density at radius 2 is 1.78 bits per heavy atom. The molecule has 5 rings (SSSR count). The molecule has 1 aliphatic carbocycles. The lowest BCUT2D eigenvalue weighted by Gasteiger charge is -2.52. The molecule has 8 nitrogen and oxygen atoms in total. The number of nitrogens with zero attached hydrogens (tertiary/aromatic N) is 3. The number of anilines is 1. The van der Waals surface area contributed by atoms with Gasteiger partial charge >= 0.3 is 6.09 Å². The molecule has 2 aliphatic heterocycles. The molecular weight excluding hydrogens is 475 g/mol. The van der Waals surface area contributed by atoms with Gasteiger partial charge in [0.15, 0.2) is 5.82 Å². The number of amides is 1. The molecule has 0 unspecified atom stereocenters. The molecule has 3 fully saturated rings. The summed E-state index contributed by atoms with van der Waals surface area (Å²) < 4.78 is 19.8. The van der Waals surface area contributed by atoms with Crippen molar-refractivity contribution < 1.29 is 18.8 Å². The van der Waals surface area contributed by atoms with E-state index >= 15 is 0 Å². The van der Waals surface area contributed by atoms with Crippen molar-refractivity contribution in [2.24, 2.45) is 11.3 Å². The summed E-state index contributed by atoms with van der Waals surface area (Å²) in [6.45, 7) is 5.07. The SMILES string of the molecule is O=C(NC1CC2(CCN(CC3CCN(c4ccc([N+](=O)[O-])cc4F)CC3)CC2)C1)OCc1ccccc1. The van der Waals surface area contributed by atoms with Crippen LogP contribution in [-0.2, 0) is 11.3 Å². The summed E-state index contributed by atoms with van der Waals surface area (Å²) >= 11 is 0. The average Bonchev–Trinajstić information content (AvgIpc) is 2.89. The van der Waals surface area contributed by atoms with E-state index < -0.39 is 10.7 Å². The summed E-state index contributed by atoms with van der Waals surface area (Å²) in [7, 11) is 0. The minimum absolute atomic E-state index is 0.207. The zero-order valence-corrected chi connectivity index (χ0v) is 21.1. The lowest BCUT2D eigenvalue weighted by atomic mass is 9.60. The average molecular weight is 511 g/mol.